The molecule has 31 heavy (non-hydrogen) atoms. The summed E-state index contributed by atoms with van der Waals surface area (Å²) in [5, 5.41) is 0. The first-order valence-electron chi connectivity index (χ1n) is 10.7. The zero-order chi connectivity index (χ0) is 21.0. The van der Waals surface area contributed by atoms with Crippen molar-refractivity contribution >= 4 is 34.1 Å². The van der Waals surface area contributed by atoms with Crippen LogP contribution in [0.4, 0.5) is 0 Å². The normalized spacial score (nSPS) is 15.2. The number of rotatable bonds is 4. The Hall–Kier alpha value is -3.57. The Kier molecular flexibility index (Phi) is 5.42. The van der Waals surface area contributed by atoms with Gasteiger partial charge in [-0.3, -0.25) is 9.69 Å². The quantitative estimate of drug-likeness (QED) is 0.474. The van der Waals surface area contributed by atoms with Crippen LogP contribution in [0.2, 0.25) is 0 Å². The molecule has 0 aliphatic carbocycles. The van der Waals surface area contributed by atoms with Crippen molar-refractivity contribution in [2.75, 3.05) is 32.7 Å². The summed E-state index contributed by atoms with van der Waals surface area (Å²) in [5.41, 5.74) is 5.17. The van der Waals surface area contributed by atoms with Crippen molar-refractivity contribution in [3.8, 4) is 0 Å². The Labute approximate surface area is 181 Å². The van der Waals surface area contributed by atoms with E-state index in [-0.39, 0.29) is 5.91 Å². The van der Waals surface area contributed by atoms with E-state index in [4.69, 9.17) is 0 Å². The van der Waals surface area contributed by atoms with Crippen molar-refractivity contribution < 1.29 is 4.79 Å². The van der Waals surface area contributed by atoms with Crippen LogP contribution in [0.25, 0.3) is 28.1 Å². The summed E-state index contributed by atoms with van der Waals surface area (Å²) in [6.45, 7) is 4.13. The number of piperazine rings is 1. The molecule has 0 saturated carbocycles. The first kappa shape index (κ1) is 19.4. The lowest BCUT2D eigenvalue weighted by molar-refractivity contribution is 0.0650. The van der Waals surface area contributed by atoms with Crippen LogP contribution in [0, 0.1) is 0 Å². The topological polar surface area (TPSA) is 49.3 Å². The lowest BCUT2D eigenvalue weighted by atomic mass is 10.1. The molecule has 1 aromatic heterocycles. The molecule has 154 valence electrons. The van der Waals surface area contributed by atoms with E-state index in [1.807, 2.05) is 65.6 Å². The third kappa shape index (κ3) is 4.32. The second kappa shape index (κ2) is 8.66. The molecule has 1 amide bonds. The minimum Gasteiger partial charge on any atom is -0.336 e. The highest BCUT2D eigenvalue weighted by Gasteiger charge is 2.22. The molecule has 0 N–H and O–H groups in total. The highest BCUT2D eigenvalue weighted by Crippen LogP contribution is 2.19. The van der Waals surface area contributed by atoms with E-state index in [1.165, 1.54) is 5.56 Å². The molecule has 1 fully saturated rings. The predicted molar refractivity (Wildman–Crippen MR) is 125 cm³/mol. The second-order valence-corrected chi connectivity index (χ2v) is 7.82. The zero-order valence-electron chi connectivity index (χ0n) is 17.3. The van der Waals surface area contributed by atoms with E-state index in [0.717, 1.165) is 54.8 Å². The molecule has 2 heterocycles. The monoisotopic (exact) mass is 408 g/mol. The van der Waals surface area contributed by atoms with Crippen molar-refractivity contribution in [2.45, 2.75) is 0 Å². The minimum atomic E-state index is 0.0661. The zero-order valence-corrected chi connectivity index (χ0v) is 17.3. The van der Waals surface area contributed by atoms with Gasteiger partial charge in [-0.15, -0.1) is 0 Å². The maximum atomic E-state index is 13.1. The fraction of sp³-hybridized carbons (Fsp3) is 0.192. The molecule has 0 spiro atoms. The predicted octanol–water partition coefficient (Wildman–Crippen LogP) is 4.25. The smallest absolute Gasteiger partial charge is 0.254 e. The molecule has 0 bridgehead atoms. The van der Waals surface area contributed by atoms with Crippen molar-refractivity contribution in [3.63, 3.8) is 0 Å². The summed E-state index contributed by atoms with van der Waals surface area (Å²) in [4.78, 5) is 26.7. The summed E-state index contributed by atoms with van der Waals surface area (Å²) in [6.07, 6.45) is 4.34. The van der Waals surface area contributed by atoms with Gasteiger partial charge in [0.2, 0.25) is 0 Å². The van der Waals surface area contributed by atoms with E-state index >= 15 is 0 Å². The van der Waals surface area contributed by atoms with Crippen LogP contribution in [-0.2, 0) is 0 Å². The summed E-state index contributed by atoms with van der Waals surface area (Å²) < 4.78 is 0. The number of amides is 1. The largest absolute Gasteiger partial charge is 0.336 e. The van der Waals surface area contributed by atoms with Crippen LogP contribution >= 0.6 is 0 Å². The highest BCUT2D eigenvalue weighted by atomic mass is 16.2. The van der Waals surface area contributed by atoms with E-state index in [1.54, 1.807) is 0 Å². The maximum Gasteiger partial charge on any atom is 0.254 e. The van der Waals surface area contributed by atoms with Gasteiger partial charge in [0.15, 0.2) is 0 Å². The third-order valence-corrected chi connectivity index (χ3v) is 5.72. The van der Waals surface area contributed by atoms with Crippen LogP contribution in [0.15, 0.2) is 78.9 Å². The lowest BCUT2D eigenvalue weighted by Crippen LogP contribution is -2.48. The number of aromatic nitrogens is 2. The second-order valence-electron chi connectivity index (χ2n) is 7.82. The highest BCUT2D eigenvalue weighted by molar-refractivity contribution is 5.98. The van der Waals surface area contributed by atoms with Crippen LogP contribution in [-0.4, -0.2) is 58.4 Å². The number of benzene rings is 3. The molecular weight excluding hydrogens is 384 g/mol. The molecule has 1 aliphatic heterocycles. The van der Waals surface area contributed by atoms with E-state index < -0.39 is 0 Å². The third-order valence-electron chi connectivity index (χ3n) is 5.72. The average molecular weight is 409 g/mol. The van der Waals surface area contributed by atoms with Gasteiger partial charge in [-0.05, 0) is 35.9 Å². The Morgan fingerprint density at radius 3 is 2.16 bits per heavy atom. The van der Waals surface area contributed by atoms with Gasteiger partial charge in [-0.1, -0.05) is 54.6 Å². The standard InChI is InChI=1S/C26H24N4O/c31-26(21-12-13-24-25(19-21)28-23-11-5-4-10-22(23)27-24)30-17-15-29(16-18-30)14-6-9-20-7-2-1-3-8-20/h1-13,19H,14-18H2/b9-6+. The fourth-order valence-corrected chi connectivity index (χ4v) is 3.97. The Morgan fingerprint density at radius 2 is 1.42 bits per heavy atom. The molecule has 5 rings (SSSR count). The Balaban J connectivity index is 1.23. The van der Waals surface area contributed by atoms with Crippen LogP contribution in [0.3, 0.4) is 0 Å². The first-order valence-corrected chi connectivity index (χ1v) is 10.7. The van der Waals surface area contributed by atoms with Gasteiger partial charge < -0.3 is 4.90 Å². The van der Waals surface area contributed by atoms with Crippen molar-refractivity contribution in [1.82, 2.24) is 19.8 Å². The van der Waals surface area contributed by atoms with Crippen LogP contribution in [0.1, 0.15) is 15.9 Å². The van der Waals surface area contributed by atoms with Crippen LogP contribution in [0.5, 0.6) is 0 Å². The van der Waals surface area contributed by atoms with E-state index in [9.17, 15) is 4.79 Å². The van der Waals surface area contributed by atoms with Crippen molar-refractivity contribution in [1.29, 1.82) is 0 Å². The van der Waals surface area contributed by atoms with Gasteiger partial charge in [0.25, 0.3) is 5.91 Å². The number of nitrogens with zero attached hydrogens (tertiary/aromatic N) is 4. The van der Waals surface area contributed by atoms with Crippen molar-refractivity contribution in [2.24, 2.45) is 0 Å². The summed E-state index contributed by atoms with van der Waals surface area (Å²) in [5.74, 6) is 0.0661. The molecule has 1 saturated heterocycles. The average Bonchev–Trinajstić information content (AvgIpc) is 2.83. The molecule has 1 aliphatic rings. The summed E-state index contributed by atoms with van der Waals surface area (Å²) in [7, 11) is 0. The Morgan fingerprint density at radius 1 is 0.774 bits per heavy atom. The maximum absolute atomic E-state index is 13.1. The molecule has 0 atom stereocenters. The fourth-order valence-electron chi connectivity index (χ4n) is 3.97. The molecule has 5 heteroatoms. The van der Waals surface area contributed by atoms with E-state index in [2.05, 4.69) is 39.2 Å². The van der Waals surface area contributed by atoms with Gasteiger partial charge in [0.1, 0.15) is 0 Å². The molecule has 0 unspecified atom stereocenters. The lowest BCUT2D eigenvalue weighted by Gasteiger charge is -2.34. The molecular formula is C26H24N4O. The van der Waals surface area contributed by atoms with Gasteiger partial charge in [-0.25, -0.2) is 9.97 Å². The Bertz CT molecular complexity index is 1240. The molecule has 5 nitrogen and oxygen atoms in total. The first-order chi connectivity index (χ1) is 15.3. The van der Waals surface area contributed by atoms with Crippen molar-refractivity contribution in [3.05, 3.63) is 90.0 Å². The van der Waals surface area contributed by atoms with Gasteiger partial charge >= 0.3 is 0 Å². The number of fused-ring (bicyclic) bond motifs is 2. The number of carbonyl (C=O) groups is 1. The molecule has 4 aromatic rings. The molecule has 0 radical (unpaired) electrons. The number of hydrogen-bond donors (Lipinski definition) is 0. The number of para-hydroxylation sites is 2. The number of hydrogen-bond acceptors (Lipinski definition) is 4. The molecule has 3 aromatic carbocycles. The van der Waals surface area contributed by atoms with Gasteiger partial charge in [-0.2, -0.15) is 0 Å². The van der Waals surface area contributed by atoms with Crippen LogP contribution < -0.4 is 0 Å². The van der Waals surface area contributed by atoms with E-state index in [0.29, 0.717) is 5.56 Å². The van der Waals surface area contributed by atoms with Gasteiger partial charge in [0, 0.05) is 38.3 Å². The summed E-state index contributed by atoms with van der Waals surface area (Å²) in [6, 6.07) is 23.8. The summed E-state index contributed by atoms with van der Waals surface area (Å²) >= 11 is 0. The van der Waals surface area contributed by atoms with Gasteiger partial charge in [0.05, 0.1) is 22.1 Å². The minimum absolute atomic E-state index is 0.0661. The number of carbonyl (C=O) groups excluding carboxylic acids is 1. The SMILES string of the molecule is O=C(c1ccc2nc3ccccc3nc2c1)N1CCN(C/C=C/c2ccccc2)CC1.